The first kappa shape index (κ1) is 18.8. The molecule has 3 heterocycles. The Morgan fingerprint density at radius 3 is 2.72 bits per heavy atom. The highest BCUT2D eigenvalue weighted by Gasteiger charge is 2.20. The van der Waals surface area contributed by atoms with Gasteiger partial charge in [0.15, 0.2) is 10.2 Å². The summed E-state index contributed by atoms with van der Waals surface area (Å²) in [4.78, 5) is 5.81. The zero-order valence-corrected chi connectivity index (χ0v) is 18.6. The van der Waals surface area contributed by atoms with Gasteiger partial charge in [-0.15, -0.1) is 32.9 Å². The third-order valence-corrected chi connectivity index (χ3v) is 7.72. The van der Waals surface area contributed by atoms with Gasteiger partial charge in [-0.3, -0.25) is 4.57 Å². The molecule has 5 aromatic rings. The molecule has 5 rings (SSSR count). The van der Waals surface area contributed by atoms with Crippen molar-refractivity contribution < 1.29 is 0 Å². The highest BCUT2D eigenvalue weighted by Crippen LogP contribution is 2.39. The fraction of sp³-hybridized carbons (Fsp3) is 0.0952. The van der Waals surface area contributed by atoms with E-state index in [4.69, 9.17) is 16.6 Å². The van der Waals surface area contributed by atoms with Crippen LogP contribution < -0.4 is 0 Å². The van der Waals surface area contributed by atoms with Gasteiger partial charge >= 0.3 is 0 Å². The van der Waals surface area contributed by atoms with E-state index in [1.165, 1.54) is 17.3 Å². The normalized spacial score (nSPS) is 11.4. The van der Waals surface area contributed by atoms with E-state index in [2.05, 4.69) is 57.4 Å². The highest BCUT2D eigenvalue weighted by atomic mass is 35.5. The van der Waals surface area contributed by atoms with Crippen molar-refractivity contribution in [2.24, 2.45) is 0 Å². The molecular formula is C21H15ClN4S3. The van der Waals surface area contributed by atoms with Crippen LogP contribution in [-0.4, -0.2) is 19.7 Å². The molecule has 0 bridgehead atoms. The average Bonchev–Trinajstić information content (AvgIpc) is 3.48. The van der Waals surface area contributed by atoms with Crippen molar-refractivity contribution in [1.29, 1.82) is 0 Å². The molecule has 0 atom stereocenters. The number of halogens is 1. The largest absolute Gasteiger partial charge is 0.269 e. The minimum atomic E-state index is 0.669. The Morgan fingerprint density at radius 2 is 1.93 bits per heavy atom. The summed E-state index contributed by atoms with van der Waals surface area (Å²) in [5.74, 6) is 0.850. The summed E-state index contributed by atoms with van der Waals surface area (Å²) in [6.45, 7) is 2.16. The molecule has 3 aromatic heterocycles. The standard InChI is InChI=1S/C21H15ClN4S3/c1-2-13-7-3-4-9-15(13)26-19(17-11-6-12-27-17)24-25-20(26)29-21-23-18-14(22)8-5-10-16(18)28-21/h3-12H,2H2,1H3. The number of aryl methyl sites for hydroxylation is 1. The lowest BCUT2D eigenvalue weighted by atomic mass is 10.1. The number of aromatic nitrogens is 4. The molecule has 0 aliphatic rings. The first-order valence-corrected chi connectivity index (χ1v) is 11.9. The predicted octanol–water partition coefficient (Wildman–Crippen LogP) is 6.97. The zero-order chi connectivity index (χ0) is 19.8. The van der Waals surface area contributed by atoms with E-state index in [9.17, 15) is 0 Å². The molecule has 0 unspecified atom stereocenters. The van der Waals surface area contributed by atoms with Crippen LogP contribution in [0, 0.1) is 0 Å². The number of nitrogens with zero attached hydrogens (tertiary/aromatic N) is 4. The topological polar surface area (TPSA) is 43.6 Å². The number of benzene rings is 2. The molecule has 0 saturated heterocycles. The van der Waals surface area contributed by atoms with Gasteiger partial charge < -0.3 is 0 Å². The van der Waals surface area contributed by atoms with Crippen molar-refractivity contribution in [2.45, 2.75) is 22.8 Å². The van der Waals surface area contributed by atoms with Crippen molar-refractivity contribution in [1.82, 2.24) is 19.7 Å². The van der Waals surface area contributed by atoms with E-state index in [1.54, 1.807) is 22.7 Å². The summed E-state index contributed by atoms with van der Waals surface area (Å²) in [5.41, 5.74) is 3.18. The molecule has 0 aliphatic carbocycles. The lowest BCUT2D eigenvalue weighted by molar-refractivity contribution is 0.873. The number of hydrogen-bond donors (Lipinski definition) is 0. The maximum atomic E-state index is 6.31. The lowest BCUT2D eigenvalue weighted by Crippen LogP contribution is -2.02. The molecule has 0 aliphatic heterocycles. The fourth-order valence-electron chi connectivity index (χ4n) is 3.16. The summed E-state index contributed by atoms with van der Waals surface area (Å²) < 4.78 is 4.11. The molecule has 0 saturated carbocycles. The van der Waals surface area contributed by atoms with E-state index >= 15 is 0 Å². The van der Waals surface area contributed by atoms with Crippen molar-refractivity contribution in [2.75, 3.05) is 0 Å². The molecule has 0 fully saturated rings. The van der Waals surface area contributed by atoms with Gasteiger partial charge in [0.05, 0.1) is 20.3 Å². The van der Waals surface area contributed by atoms with Crippen LogP contribution in [0.1, 0.15) is 12.5 Å². The fourth-order valence-corrected chi connectivity index (χ4v) is 6.17. The average molecular weight is 455 g/mol. The molecule has 144 valence electrons. The van der Waals surface area contributed by atoms with Gasteiger partial charge in [-0.2, -0.15) is 0 Å². The minimum Gasteiger partial charge on any atom is -0.269 e. The van der Waals surface area contributed by atoms with Crippen LogP contribution in [0.15, 0.2) is 69.5 Å². The van der Waals surface area contributed by atoms with E-state index in [0.717, 1.165) is 42.5 Å². The third-order valence-electron chi connectivity index (χ3n) is 4.52. The molecular weight excluding hydrogens is 440 g/mol. The van der Waals surface area contributed by atoms with Crippen molar-refractivity contribution in [3.05, 3.63) is 70.6 Å². The van der Waals surface area contributed by atoms with Crippen LogP contribution in [-0.2, 0) is 6.42 Å². The number of para-hydroxylation sites is 2. The van der Waals surface area contributed by atoms with E-state index in [-0.39, 0.29) is 0 Å². The zero-order valence-electron chi connectivity index (χ0n) is 15.4. The summed E-state index contributed by atoms with van der Waals surface area (Å²) in [5, 5.41) is 12.6. The van der Waals surface area contributed by atoms with E-state index in [0.29, 0.717) is 5.02 Å². The van der Waals surface area contributed by atoms with Crippen LogP contribution >= 0.6 is 46.0 Å². The maximum Gasteiger partial charge on any atom is 0.203 e. The second-order valence-electron chi connectivity index (χ2n) is 6.27. The Labute approximate surface area is 185 Å². The Kier molecular flexibility index (Phi) is 5.13. The van der Waals surface area contributed by atoms with Gasteiger partial charge in [-0.25, -0.2) is 4.98 Å². The number of hydrogen-bond acceptors (Lipinski definition) is 6. The van der Waals surface area contributed by atoms with Crippen molar-refractivity contribution in [3.8, 4) is 16.4 Å². The van der Waals surface area contributed by atoms with Gasteiger partial charge in [0.1, 0.15) is 5.52 Å². The summed E-state index contributed by atoms with van der Waals surface area (Å²) in [6, 6.07) is 18.4. The number of rotatable bonds is 5. The number of fused-ring (bicyclic) bond motifs is 1. The first-order valence-electron chi connectivity index (χ1n) is 9.05. The Balaban J connectivity index is 1.65. The predicted molar refractivity (Wildman–Crippen MR) is 123 cm³/mol. The molecule has 0 N–H and O–H groups in total. The lowest BCUT2D eigenvalue weighted by Gasteiger charge is -2.12. The van der Waals surface area contributed by atoms with Crippen LogP contribution in [0.4, 0.5) is 0 Å². The SMILES string of the molecule is CCc1ccccc1-n1c(Sc2nc3c(Cl)cccc3s2)nnc1-c1cccs1. The Hall–Kier alpha value is -2.19. The van der Waals surface area contributed by atoms with Gasteiger partial charge in [0.2, 0.25) is 5.16 Å². The van der Waals surface area contributed by atoms with Crippen LogP contribution in [0.3, 0.4) is 0 Å². The van der Waals surface area contributed by atoms with Crippen molar-refractivity contribution in [3.63, 3.8) is 0 Å². The first-order chi connectivity index (χ1) is 14.2. The molecule has 0 amide bonds. The highest BCUT2D eigenvalue weighted by molar-refractivity contribution is 8.01. The maximum absolute atomic E-state index is 6.31. The molecule has 2 aromatic carbocycles. The number of thiazole rings is 1. The molecule has 8 heteroatoms. The molecule has 0 radical (unpaired) electrons. The minimum absolute atomic E-state index is 0.669. The van der Waals surface area contributed by atoms with Crippen molar-refractivity contribution >= 4 is 56.3 Å². The van der Waals surface area contributed by atoms with E-state index in [1.807, 2.05) is 24.3 Å². The van der Waals surface area contributed by atoms with Crippen LogP contribution in [0.25, 0.3) is 26.6 Å². The Morgan fingerprint density at radius 1 is 1.03 bits per heavy atom. The van der Waals surface area contributed by atoms with Gasteiger partial charge in [0.25, 0.3) is 0 Å². The summed E-state index contributed by atoms with van der Waals surface area (Å²) >= 11 is 11.1. The number of thiophene rings is 1. The molecule has 4 nitrogen and oxygen atoms in total. The van der Waals surface area contributed by atoms with E-state index < -0.39 is 0 Å². The van der Waals surface area contributed by atoms with Crippen LogP contribution in [0.2, 0.25) is 5.02 Å². The monoisotopic (exact) mass is 454 g/mol. The Bertz CT molecular complexity index is 1290. The third kappa shape index (κ3) is 3.48. The summed E-state index contributed by atoms with van der Waals surface area (Å²) in [6.07, 6.45) is 0.930. The summed E-state index contributed by atoms with van der Waals surface area (Å²) in [7, 11) is 0. The van der Waals surface area contributed by atoms with Gasteiger partial charge in [0, 0.05) is 0 Å². The van der Waals surface area contributed by atoms with Gasteiger partial charge in [-0.05, 0) is 53.4 Å². The van der Waals surface area contributed by atoms with Crippen LogP contribution in [0.5, 0.6) is 0 Å². The van der Waals surface area contributed by atoms with Gasteiger partial charge in [-0.1, -0.05) is 48.9 Å². The quantitative estimate of drug-likeness (QED) is 0.287. The molecule has 0 spiro atoms. The molecule has 29 heavy (non-hydrogen) atoms. The second kappa shape index (κ2) is 7.91. The smallest absolute Gasteiger partial charge is 0.203 e. The second-order valence-corrected chi connectivity index (χ2v) is 9.87.